The largest absolute Gasteiger partial charge is 0.354 e. The molecule has 1 N–H and O–H groups in total. The minimum Gasteiger partial charge on any atom is -0.354 e. The molecule has 1 fully saturated rings. The highest BCUT2D eigenvalue weighted by atomic mass is 16.2. The first kappa shape index (κ1) is 17.5. The highest BCUT2D eigenvalue weighted by Gasteiger charge is 2.22. The number of aromatic nitrogens is 3. The Morgan fingerprint density at radius 2 is 1.85 bits per heavy atom. The van der Waals surface area contributed by atoms with Crippen LogP contribution in [0.1, 0.15) is 31.2 Å². The molecule has 1 amide bonds. The summed E-state index contributed by atoms with van der Waals surface area (Å²) in [5.41, 5.74) is 2.45. The van der Waals surface area contributed by atoms with Gasteiger partial charge in [-0.1, -0.05) is 43.2 Å². The van der Waals surface area contributed by atoms with Crippen LogP contribution in [0, 0.1) is 5.92 Å². The smallest absolute Gasteiger partial charge is 0.330 e. The number of amides is 1. The third-order valence-electron chi connectivity index (χ3n) is 5.32. The molecule has 1 aliphatic carbocycles. The van der Waals surface area contributed by atoms with Crippen molar-refractivity contribution in [2.75, 3.05) is 6.54 Å². The van der Waals surface area contributed by atoms with E-state index in [0.717, 1.165) is 36.8 Å². The van der Waals surface area contributed by atoms with Crippen LogP contribution in [-0.4, -0.2) is 26.6 Å². The van der Waals surface area contributed by atoms with Crippen LogP contribution in [0.5, 0.6) is 0 Å². The average Bonchev–Trinajstić information content (AvgIpc) is 3.32. The highest BCUT2D eigenvalue weighted by Crippen LogP contribution is 2.24. The van der Waals surface area contributed by atoms with Crippen molar-refractivity contribution in [3.8, 4) is 0 Å². The van der Waals surface area contributed by atoms with Crippen LogP contribution >= 0.6 is 0 Å². The van der Waals surface area contributed by atoms with E-state index in [0.29, 0.717) is 25.3 Å². The number of fused-ring (bicyclic) bond motifs is 1. The van der Waals surface area contributed by atoms with E-state index < -0.39 is 0 Å². The van der Waals surface area contributed by atoms with Gasteiger partial charge in [-0.3, -0.25) is 13.9 Å². The summed E-state index contributed by atoms with van der Waals surface area (Å²) in [5, 5.41) is 2.99. The van der Waals surface area contributed by atoms with Crippen LogP contribution in [0.15, 0.2) is 53.5 Å². The Hall–Kier alpha value is -2.89. The molecule has 0 saturated heterocycles. The zero-order valence-corrected chi connectivity index (χ0v) is 15.3. The summed E-state index contributed by atoms with van der Waals surface area (Å²) in [6, 6.07) is 13.7. The number of benzene rings is 1. The quantitative estimate of drug-likeness (QED) is 0.731. The van der Waals surface area contributed by atoms with Gasteiger partial charge >= 0.3 is 5.69 Å². The second kappa shape index (κ2) is 7.78. The van der Waals surface area contributed by atoms with Gasteiger partial charge in [0.25, 0.3) is 0 Å². The van der Waals surface area contributed by atoms with Gasteiger partial charge < -0.3 is 5.32 Å². The summed E-state index contributed by atoms with van der Waals surface area (Å²) in [7, 11) is 0. The maximum absolute atomic E-state index is 13.0. The van der Waals surface area contributed by atoms with Crippen LogP contribution < -0.4 is 11.0 Å². The van der Waals surface area contributed by atoms with Crippen LogP contribution in [0.4, 0.5) is 0 Å². The molecule has 27 heavy (non-hydrogen) atoms. The van der Waals surface area contributed by atoms with E-state index in [1.165, 1.54) is 0 Å². The summed E-state index contributed by atoms with van der Waals surface area (Å²) < 4.78 is 3.41. The zero-order valence-electron chi connectivity index (χ0n) is 15.3. The van der Waals surface area contributed by atoms with Gasteiger partial charge in [0, 0.05) is 25.2 Å². The molecule has 6 nitrogen and oxygen atoms in total. The van der Waals surface area contributed by atoms with Gasteiger partial charge in [0.2, 0.25) is 5.91 Å². The minimum atomic E-state index is -0.0948. The predicted molar refractivity (Wildman–Crippen MR) is 105 cm³/mol. The number of pyridine rings is 1. The Morgan fingerprint density at radius 1 is 1.07 bits per heavy atom. The van der Waals surface area contributed by atoms with Crippen molar-refractivity contribution in [2.24, 2.45) is 5.92 Å². The summed E-state index contributed by atoms with van der Waals surface area (Å²) in [5.74, 6) is 0.251. The van der Waals surface area contributed by atoms with Gasteiger partial charge in [0.1, 0.15) is 0 Å². The molecule has 2 aromatic heterocycles. The predicted octanol–water partition coefficient (Wildman–Crippen LogP) is 2.55. The standard InChI is InChI=1S/C21H24N4O2/c26-20(17-9-4-5-10-17)23-13-14-24-19-18(11-6-12-22-19)25(21(24)27)15-16-7-2-1-3-8-16/h1-3,6-8,11-12,17H,4-5,9-10,13-15H2,(H,23,26). The Labute approximate surface area is 157 Å². The number of imidazole rings is 1. The summed E-state index contributed by atoms with van der Waals surface area (Å²) in [6.07, 6.45) is 5.92. The van der Waals surface area contributed by atoms with Crippen molar-refractivity contribution in [1.29, 1.82) is 0 Å². The number of rotatable bonds is 6. The molecule has 0 aliphatic heterocycles. The zero-order chi connectivity index (χ0) is 18.6. The molecule has 1 aliphatic rings. The Morgan fingerprint density at radius 3 is 2.63 bits per heavy atom. The van der Waals surface area contributed by atoms with Crippen LogP contribution in [0.3, 0.4) is 0 Å². The molecule has 0 atom stereocenters. The molecule has 1 saturated carbocycles. The lowest BCUT2D eigenvalue weighted by Crippen LogP contribution is -2.34. The lowest BCUT2D eigenvalue weighted by molar-refractivity contribution is -0.124. The van der Waals surface area contributed by atoms with E-state index in [4.69, 9.17) is 0 Å². The summed E-state index contributed by atoms with van der Waals surface area (Å²) in [6.45, 7) is 1.37. The normalized spacial score (nSPS) is 14.7. The number of nitrogens with zero attached hydrogens (tertiary/aromatic N) is 3. The molecule has 0 unspecified atom stereocenters. The van der Waals surface area contributed by atoms with E-state index >= 15 is 0 Å². The van der Waals surface area contributed by atoms with Crippen molar-refractivity contribution < 1.29 is 4.79 Å². The van der Waals surface area contributed by atoms with Gasteiger partial charge in [-0.05, 0) is 30.5 Å². The lowest BCUT2D eigenvalue weighted by Gasteiger charge is -2.10. The topological polar surface area (TPSA) is 68.9 Å². The fraction of sp³-hybridized carbons (Fsp3) is 0.381. The van der Waals surface area contributed by atoms with Crippen molar-refractivity contribution in [3.63, 3.8) is 0 Å². The second-order valence-electron chi connectivity index (χ2n) is 7.12. The minimum absolute atomic E-state index is 0.0948. The molecule has 1 aromatic carbocycles. The number of hydrogen-bond acceptors (Lipinski definition) is 3. The van der Waals surface area contributed by atoms with Crippen LogP contribution in [-0.2, 0) is 17.9 Å². The molecule has 140 valence electrons. The lowest BCUT2D eigenvalue weighted by atomic mass is 10.1. The van der Waals surface area contributed by atoms with Gasteiger partial charge in [-0.15, -0.1) is 0 Å². The maximum Gasteiger partial charge on any atom is 0.330 e. The van der Waals surface area contributed by atoms with E-state index in [9.17, 15) is 9.59 Å². The fourth-order valence-electron chi connectivity index (χ4n) is 3.89. The molecule has 3 aromatic rings. The Balaban J connectivity index is 1.54. The Kier molecular flexibility index (Phi) is 5.05. The molecule has 6 heteroatoms. The third-order valence-corrected chi connectivity index (χ3v) is 5.32. The van der Waals surface area contributed by atoms with E-state index in [-0.39, 0.29) is 17.5 Å². The molecule has 4 rings (SSSR count). The molecular formula is C21H24N4O2. The van der Waals surface area contributed by atoms with Crippen LogP contribution in [0.25, 0.3) is 11.2 Å². The van der Waals surface area contributed by atoms with Crippen molar-refractivity contribution in [3.05, 3.63) is 64.7 Å². The van der Waals surface area contributed by atoms with Crippen molar-refractivity contribution in [2.45, 2.75) is 38.8 Å². The van der Waals surface area contributed by atoms with E-state index in [2.05, 4.69) is 10.3 Å². The fourth-order valence-corrected chi connectivity index (χ4v) is 3.89. The highest BCUT2D eigenvalue weighted by molar-refractivity contribution is 5.78. The molecule has 0 bridgehead atoms. The number of carbonyl (C=O) groups is 1. The summed E-state index contributed by atoms with van der Waals surface area (Å²) >= 11 is 0. The third kappa shape index (κ3) is 3.65. The molecule has 0 spiro atoms. The van der Waals surface area contributed by atoms with Gasteiger partial charge in [0.15, 0.2) is 5.65 Å². The first-order chi connectivity index (χ1) is 13.2. The van der Waals surface area contributed by atoms with Gasteiger partial charge in [0.05, 0.1) is 12.1 Å². The maximum atomic E-state index is 13.0. The molecular weight excluding hydrogens is 340 g/mol. The first-order valence-electron chi connectivity index (χ1n) is 9.60. The van der Waals surface area contributed by atoms with Crippen LogP contribution in [0.2, 0.25) is 0 Å². The SMILES string of the molecule is O=C(NCCn1c(=O)n(Cc2ccccc2)c2cccnc21)C1CCCC1. The Bertz CT molecular complexity index is 984. The average molecular weight is 364 g/mol. The molecule has 2 heterocycles. The van der Waals surface area contributed by atoms with Crippen molar-refractivity contribution in [1.82, 2.24) is 19.4 Å². The summed E-state index contributed by atoms with van der Waals surface area (Å²) in [4.78, 5) is 29.6. The first-order valence-corrected chi connectivity index (χ1v) is 9.60. The van der Waals surface area contributed by atoms with Crippen molar-refractivity contribution >= 4 is 17.1 Å². The monoisotopic (exact) mass is 364 g/mol. The van der Waals surface area contributed by atoms with Gasteiger partial charge in [-0.25, -0.2) is 9.78 Å². The van der Waals surface area contributed by atoms with E-state index in [1.54, 1.807) is 15.3 Å². The molecule has 0 radical (unpaired) electrons. The number of nitrogens with one attached hydrogen (secondary N) is 1. The van der Waals surface area contributed by atoms with E-state index in [1.807, 2.05) is 42.5 Å². The number of hydrogen-bond donors (Lipinski definition) is 1. The van der Waals surface area contributed by atoms with Gasteiger partial charge in [-0.2, -0.15) is 0 Å². The number of carbonyl (C=O) groups excluding carboxylic acids is 1. The second-order valence-corrected chi connectivity index (χ2v) is 7.12.